The van der Waals surface area contributed by atoms with Crippen LogP contribution in [0.1, 0.15) is 5.56 Å². The van der Waals surface area contributed by atoms with Crippen molar-refractivity contribution < 1.29 is 13.9 Å². The third-order valence-corrected chi connectivity index (χ3v) is 6.35. The molecule has 0 saturated carbocycles. The lowest BCUT2D eigenvalue weighted by Crippen LogP contribution is -2.52. The zero-order chi connectivity index (χ0) is 21.8. The maximum absolute atomic E-state index is 12.2. The topological polar surface area (TPSA) is 109 Å². The molecule has 0 bridgehead atoms. The summed E-state index contributed by atoms with van der Waals surface area (Å²) in [6.07, 6.45) is 0.555. The van der Waals surface area contributed by atoms with Crippen molar-refractivity contribution in [3.05, 3.63) is 58.6 Å². The van der Waals surface area contributed by atoms with E-state index < -0.39 is 0 Å². The summed E-state index contributed by atoms with van der Waals surface area (Å²) in [5, 5.41) is 12.6. The summed E-state index contributed by atoms with van der Waals surface area (Å²) >= 11 is 0. The molecule has 1 aliphatic heterocycles. The fraction of sp³-hybridized carbons (Fsp3) is 0.318. The number of morpholine rings is 1. The molecular weight excluding hydrogens is 412 g/mol. The Labute approximate surface area is 181 Å². The number of nitrogens with one attached hydrogen (secondary N) is 2. The number of hydrogen-bond donors (Lipinski definition) is 2. The zero-order valence-corrected chi connectivity index (χ0v) is 18.1. The zero-order valence-electron chi connectivity index (χ0n) is 17.1. The minimum atomic E-state index is -0.384. The second-order valence-corrected chi connectivity index (χ2v) is 8.64. The first-order valence-electron chi connectivity index (χ1n) is 10.00. The molecule has 0 spiro atoms. The van der Waals surface area contributed by atoms with Crippen LogP contribution in [-0.4, -0.2) is 46.0 Å². The molecule has 3 aromatic rings. The fourth-order valence-electron chi connectivity index (χ4n) is 3.48. The highest BCUT2D eigenvalue weighted by Gasteiger charge is 2.22. The van der Waals surface area contributed by atoms with Crippen molar-refractivity contribution in [2.75, 3.05) is 19.8 Å². The van der Waals surface area contributed by atoms with Gasteiger partial charge < -0.3 is 19.5 Å². The summed E-state index contributed by atoms with van der Waals surface area (Å²) in [4.78, 5) is 26.8. The molecule has 2 heterocycles. The highest BCUT2D eigenvalue weighted by atomic mass is 28.2. The summed E-state index contributed by atoms with van der Waals surface area (Å²) in [6, 6.07) is 15.5. The van der Waals surface area contributed by atoms with Gasteiger partial charge in [-0.15, -0.1) is 0 Å². The van der Waals surface area contributed by atoms with Gasteiger partial charge >= 0.3 is 5.76 Å². The van der Waals surface area contributed by atoms with Gasteiger partial charge in [0, 0.05) is 13.6 Å². The molecule has 8 nitrogen and oxygen atoms in total. The fourth-order valence-corrected chi connectivity index (χ4v) is 4.38. The third kappa shape index (κ3) is 4.77. The Kier molecular flexibility index (Phi) is 6.32. The van der Waals surface area contributed by atoms with E-state index in [1.807, 2.05) is 36.4 Å². The lowest BCUT2D eigenvalue weighted by atomic mass is 10.0. The molecule has 1 saturated heterocycles. The van der Waals surface area contributed by atoms with Crippen molar-refractivity contribution in [3.63, 3.8) is 0 Å². The van der Waals surface area contributed by atoms with Gasteiger partial charge in [0.15, 0.2) is 15.3 Å². The van der Waals surface area contributed by atoms with Crippen LogP contribution in [0.2, 0.25) is 5.54 Å². The van der Waals surface area contributed by atoms with E-state index in [1.54, 1.807) is 13.1 Å². The van der Waals surface area contributed by atoms with Gasteiger partial charge in [-0.1, -0.05) is 30.3 Å². The van der Waals surface area contributed by atoms with E-state index in [9.17, 15) is 14.9 Å². The third-order valence-electron chi connectivity index (χ3n) is 5.28. The standard InChI is InChI=1S/C22H22N4O4Si/c1-26-19-11-16(6-7-20(19)30-22(26)28)15-4-2-14(3-5-15)10-17(12-23)31-25-21(27)18-13-29-9-8-24-18/h2-7,11,17-18,24H,8-10,13H2,1H3,(H,25,27)/t17-,18-/m0/s1. The summed E-state index contributed by atoms with van der Waals surface area (Å²) in [5.74, 6) is -0.512. The molecule has 158 valence electrons. The smallest absolute Gasteiger partial charge is 0.408 e. The van der Waals surface area contributed by atoms with Crippen LogP contribution < -0.4 is 16.1 Å². The molecule has 2 aromatic carbocycles. The maximum Gasteiger partial charge on any atom is 0.419 e. The molecule has 2 radical (unpaired) electrons. The van der Waals surface area contributed by atoms with E-state index in [-0.39, 0.29) is 32.9 Å². The molecule has 31 heavy (non-hydrogen) atoms. The molecule has 9 heteroatoms. The number of benzene rings is 2. The van der Waals surface area contributed by atoms with Crippen molar-refractivity contribution in [2.24, 2.45) is 7.05 Å². The monoisotopic (exact) mass is 434 g/mol. The van der Waals surface area contributed by atoms with Gasteiger partial charge in [0.25, 0.3) is 0 Å². The van der Waals surface area contributed by atoms with Crippen LogP contribution in [0.5, 0.6) is 0 Å². The molecule has 1 aromatic heterocycles. The number of nitrogens with zero attached hydrogens (tertiary/aromatic N) is 2. The molecule has 4 rings (SSSR count). The number of carbonyl (C=O) groups is 1. The van der Waals surface area contributed by atoms with Crippen LogP contribution >= 0.6 is 0 Å². The predicted molar refractivity (Wildman–Crippen MR) is 116 cm³/mol. The molecule has 1 fully saturated rings. The normalized spacial score (nSPS) is 17.2. The predicted octanol–water partition coefficient (Wildman–Crippen LogP) is 1.38. The van der Waals surface area contributed by atoms with E-state index in [1.165, 1.54) is 4.57 Å². The summed E-state index contributed by atoms with van der Waals surface area (Å²) < 4.78 is 12.0. The number of nitriles is 1. The first-order chi connectivity index (χ1) is 15.0. The van der Waals surface area contributed by atoms with E-state index >= 15 is 0 Å². The second kappa shape index (κ2) is 9.30. The minimum absolute atomic E-state index is 0.0145. The number of aryl methyl sites for hydroxylation is 1. The van der Waals surface area contributed by atoms with Gasteiger partial charge in [-0.25, -0.2) is 4.79 Å². The highest BCUT2D eigenvalue weighted by Crippen LogP contribution is 2.25. The lowest BCUT2D eigenvalue weighted by Gasteiger charge is -2.23. The molecule has 0 aliphatic carbocycles. The largest absolute Gasteiger partial charge is 0.419 e. The average molecular weight is 435 g/mol. The van der Waals surface area contributed by atoms with E-state index in [2.05, 4.69) is 16.4 Å². The number of ether oxygens (including phenoxy) is 1. The number of aromatic nitrogens is 1. The molecule has 1 amide bonds. The quantitative estimate of drug-likeness (QED) is 0.567. The van der Waals surface area contributed by atoms with Crippen LogP contribution in [0.25, 0.3) is 22.2 Å². The van der Waals surface area contributed by atoms with Gasteiger partial charge in [-0.2, -0.15) is 5.26 Å². The van der Waals surface area contributed by atoms with Crippen LogP contribution in [0.15, 0.2) is 51.7 Å². The Morgan fingerprint density at radius 1 is 1.32 bits per heavy atom. The Balaban J connectivity index is 1.39. The highest BCUT2D eigenvalue weighted by molar-refractivity contribution is 6.40. The Bertz CT molecular complexity index is 1170. The number of rotatable bonds is 6. The number of amides is 1. The Morgan fingerprint density at radius 2 is 2.10 bits per heavy atom. The first-order valence-corrected chi connectivity index (χ1v) is 11.1. The van der Waals surface area contributed by atoms with E-state index in [0.717, 1.165) is 22.2 Å². The van der Waals surface area contributed by atoms with Gasteiger partial charge in [-0.05, 0) is 35.2 Å². The molecule has 0 unspecified atom stereocenters. The summed E-state index contributed by atoms with van der Waals surface area (Å²) in [5.41, 5.74) is 4.01. The van der Waals surface area contributed by atoms with Gasteiger partial charge in [0.2, 0.25) is 5.91 Å². The first kappa shape index (κ1) is 21.1. The maximum atomic E-state index is 12.2. The SMILES string of the molecule is Cn1c(=O)oc2ccc(-c3ccc(C[C@@H](C#N)[Si]NC(=O)[C@@H]4COCCN4)cc3)cc21. The van der Waals surface area contributed by atoms with Gasteiger partial charge in [0.05, 0.1) is 30.3 Å². The number of carbonyl (C=O) groups excluding carboxylic acids is 1. The van der Waals surface area contributed by atoms with Crippen LogP contribution in [-0.2, 0) is 23.0 Å². The van der Waals surface area contributed by atoms with Crippen LogP contribution in [0, 0.1) is 11.3 Å². The minimum Gasteiger partial charge on any atom is -0.408 e. The van der Waals surface area contributed by atoms with E-state index in [0.29, 0.717) is 31.8 Å². The van der Waals surface area contributed by atoms with Crippen LogP contribution in [0.4, 0.5) is 0 Å². The number of hydrogen-bond acceptors (Lipinski definition) is 6. The van der Waals surface area contributed by atoms with Crippen molar-refractivity contribution in [3.8, 4) is 17.2 Å². The molecular formula is C22H22N4O4Si. The lowest BCUT2D eigenvalue weighted by molar-refractivity contribution is -0.124. The van der Waals surface area contributed by atoms with Crippen molar-refractivity contribution in [1.82, 2.24) is 14.9 Å². The van der Waals surface area contributed by atoms with Gasteiger partial charge in [0.1, 0.15) is 6.04 Å². The summed E-state index contributed by atoms with van der Waals surface area (Å²) in [7, 11) is 1.70. The average Bonchev–Trinajstić information content (AvgIpc) is 3.10. The second-order valence-electron chi connectivity index (χ2n) is 7.41. The molecule has 1 aliphatic rings. The van der Waals surface area contributed by atoms with Gasteiger partial charge in [-0.3, -0.25) is 9.36 Å². The molecule has 2 atom stereocenters. The van der Waals surface area contributed by atoms with Crippen LogP contribution in [0.3, 0.4) is 0 Å². The van der Waals surface area contributed by atoms with Crippen molar-refractivity contribution >= 4 is 26.7 Å². The number of oxazole rings is 1. The Morgan fingerprint density at radius 3 is 2.81 bits per heavy atom. The molecule has 2 N–H and O–H groups in total. The Hall–Kier alpha value is -3.19. The van der Waals surface area contributed by atoms with Crippen molar-refractivity contribution in [1.29, 1.82) is 5.26 Å². The van der Waals surface area contributed by atoms with Crippen molar-refractivity contribution in [2.45, 2.75) is 18.0 Å². The number of fused-ring (bicyclic) bond motifs is 1. The van der Waals surface area contributed by atoms with E-state index in [4.69, 9.17) is 9.15 Å². The summed E-state index contributed by atoms with van der Waals surface area (Å²) in [6.45, 7) is 1.61.